The number of alkyl halides is 3. The molecule has 4 rings (SSSR count). The average molecular weight is 391 g/mol. The van der Waals surface area contributed by atoms with Crippen molar-refractivity contribution in [2.75, 3.05) is 5.32 Å². The van der Waals surface area contributed by atoms with Gasteiger partial charge in [-0.1, -0.05) is 0 Å². The first kappa shape index (κ1) is 18.4. The van der Waals surface area contributed by atoms with E-state index in [-0.39, 0.29) is 5.69 Å². The monoisotopic (exact) mass is 391 g/mol. The quantitative estimate of drug-likeness (QED) is 0.632. The molecule has 0 radical (unpaired) electrons. The van der Waals surface area contributed by atoms with Gasteiger partial charge in [0.15, 0.2) is 0 Å². The standard InChI is InChI=1S/C19H17F4N5/c1-11(19(21,22)23)28-10-25-16(12-2-4-13(20)5-3-12)17(28)15-8-9-24-18(27-15)26-14-6-7-14/h2-5,8-11,14H,6-7H2,1H3,(H,24,26,27). The van der Waals surface area contributed by atoms with E-state index in [9.17, 15) is 17.6 Å². The highest BCUT2D eigenvalue weighted by Gasteiger charge is 2.39. The summed E-state index contributed by atoms with van der Waals surface area (Å²) >= 11 is 0. The van der Waals surface area contributed by atoms with E-state index >= 15 is 0 Å². The van der Waals surface area contributed by atoms with E-state index in [2.05, 4.69) is 20.3 Å². The maximum absolute atomic E-state index is 13.4. The molecule has 1 aliphatic carbocycles. The molecule has 1 aromatic carbocycles. The summed E-state index contributed by atoms with van der Waals surface area (Å²) in [6.45, 7) is 1.06. The van der Waals surface area contributed by atoms with Gasteiger partial charge in [0, 0.05) is 17.8 Å². The van der Waals surface area contributed by atoms with Gasteiger partial charge >= 0.3 is 6.18 Å². The fourth-order valence-corrected chi connectivity index (χ4v) is 2.86. The van der Waals surface area contributed by atoms with E-state index in [0.717, 1.165) is 30.7 Å². The van der Waals surface area contributed by atoms with Crippen molar-refractivity contribution in [1.82, 2.24) is 19.5 Å². The van der Waals surface area contributed by atoms with E-state index < -0.39 is 18.0 Å². The van der Waals surface area contributed by atoms with Gasteiger partial charge < -0.3 is 9.88 Å². The van der Waals surface area contributed by atoms with Crippen LogP contribution >= 0.6 is 0 Å². The molecule has 0 saturated heterocycles. The normalized spacial score (nSPS) is 15.5. The van der Waals surface area contributed by atoms with Gasteiger partial charge in [-0.2, -0.15) is 13.2 Å². The van der Waals surface area contributed by atoms with Gasteiger partial charge in [-0.05, 0) is 50.1 Å². The predicted molar refractivity (Wildman–Crippen MR) is 96.1 cm³/mol. The maximum Gasteiger partial charge on any atom is 0.408 e. The van der Waals surface area contributed by atoms with Gasteiger partial charge in [0.1, 0.15) is 11.9 Å². The summed E-state index contributed by atoms with van der Waals surface area (Å²) < 4.78 is 54.6. The molecule has 1 saturated carbocycles. The van der Waals surface area contributed by atoms with E-state index in [1.807, 2.05) is 0 Å². The van der Waals surface area contributed by atoms with Crippen LogP contribution in [-0.2, 0) is 0 Å². The fourth-order valence-electron chi connectivity index (χ4n) is 2.86. The van der Waals surface area contributed by atoms with Crippen LogP contribution in [0.3, 0.4) is 0 Å². The molecule has 3 aromatic rings. The number of aromatic nitrogens is 4. The first-order chi connectivity index (χ1) is 13.3. The minimum Gasteiger partial charge on any atom is -0.351 e. The number of nitrogens with zero attached hydrogens (tertiary/aromatic N) is 4. The second kappa shape index (κ2) is 6.88. The van der Waals surface area contributed by atoms with Crippen LogP contribution in [0.25, 0.3) is 22.6 Å². The highest BCUT2D eigenvalue weighted by Crippen LogP contribution is 2.38. The molecule has 1 aliphatic rings. The van der Waals surface area contributed by atoms with Gasteiger partial charge in [0.05, 0.1) is 23.4 Å². The van der Waals surface area contributed by atoms with Gasteiger partial charge in [0.2, 0.25) is 5.95 Å². The molecule has 1 N–H and O–H groups in total. The van der Waals surface area contributed by atoms with Crippen LogP contribution in [-0.4, -0.2) is 31.7 Å². The summed E-state index contributed by atoms with van der Waals surface area (Å²) in [5.41, 5.74) is 1.32. The Hall–Kier alpha value is -2.97. The molecule has 2 aromatic heterocycles. The van der Waals surface area contributed by atoms with Crippen molar-refractivity contribution >= 4 is 5.95 Å². The first-order valence-corrected chi connectivity index (χ1v) is 8.82. The molecule has 0 amide bonds. The van der Waals surface area contributed by atoms with E-state index in [1.165, 1.54) is 30.5 Å². The van der Waals surface area contributed by atoms with Crippen LogP contribution < -0.4 is 5.32 Å². The third kappa shape index (κ3) is 3.69. The minimum absolute atomic E-state index is 0.206. The highest BCUT2D eigenvalue weighted by atomic mass is 19.4. The Morgan fingerprint density at radius 1 is 1.11 bits per heavy atom. The van der Waals surface area contributed by atoms with Crippen LogP contribution in [0.5, 0.6) is 0 Å². The molecule has 146 valence electrons. The number of halogens is 4. The third-order valence-electron chi connectivity index (χ3n) is 4.61. The Morgan fingerprint density at radius 3 is 2.46 bits per heavy atom. The molecular weight excluding hydrogens is 374 g/mol. The molecule has 1 unspecified atom stereocenters. The van der Waals surface area contributed by atoms with Gasteiger partial charge in [0.25, 0.3) is 0 Å². The lowest BCUT2D eigenvalue weighted by Gasteiger charge is -2.20. The predicted octanol–water partition coefficient (Wildman–Crippen LogP) is 4.84. The number of imidazole rings is 1. The zero-order chi connectivity index (χ0) is 19.9. The molecular formula is C19H17F4N5. The Labute approximate surface area is 158 Å². The van der Waals surface area contributed by atoms with Gasteiger partial charge in [-0.3, -0.25) is 0 Å². The van der Waals surface area contributed by atoms with Crippen LogP contribution in [0.15, 0.2) is 42.9 Å². The molecule has 28 heavy (non-hydrogen) atoms. The van der Waals surface area contributed by atoms with E-state index in [0.29, 0.717) is 28.9 Å². The number of benzene rings is 1. The summed E-state index contributed by atoms with van der Waals surface area (Å²) in [4.78, 5) is 12.7. The lowest BCUT2D eigenvalue weighted by Crippen LogP contribution is -2.24. The number of nitrogens with one attached hydrogen (secondary N) is 1. The molecule has 0 spiro atoms. The van der Waals surface area contributed by atoms with Crippen LogP contribution in [0.1, 0.15) is 25.8 Å². The summed E-state index contributed by atoms with van der Waals surface area (Å²) in [6, 6.07) is 5.48. The zero-order valence-electron chi connectivity index (χ0n) is 14.9. The van der Waals surface area contributed by atoms with Gasteiger partial charge in [-0.15, -0.1) is 0 Å². The van der Waals surface area contributed by atoms with Crippen molar-refractivity contribution < 1.29 is 17.6 Å². The molecule has 0 bridgehead atoms. The number of rotatable bonds is 5. The third-order valence-corrected chi connectivity index (χ3v) is 4.61. The molecule has 5 nitrogen and oxygen atoms in total. The molecule has 0 aliphatic heterocycles. The van der Waals surface area contributed by atoms with Crippen molar-refractivity contribution in [2.45, 2.75) is 38.0 Å². The Morgan fingerprint density at radius 2 is 1.82 bits per heavy atom. The largest absolute Gasteiger partial charge is 0.408 e. The number of anilines is 1. The van der Waals surface area contributed by atoms with Crippen molar-refractivity contribution in [3.05, 3.63) is 48.7 Å². The molecule has 1 fully saturated rings. The second-order valence-corrected chi connectivity index (χ2v) is 6.76. The van der Waals surface area contributed by atoms with Crippen LogP contribution in [0, 0.1) is 5.82 Å². The zero-order valence-corrected chi connectivity index (χ0v) is 14.9. The van der Waals surface area contributed by atoms with Crippen molar-refractivity contribution in [1.29, 1.82) is 0 Å². The van der Waals surface area contributed by atoms with E-state index in [1.54, 1.807) is 6.07 Å². The number of hydrogen-bond donors (Lipinski definition) is 1. The van der Waals surface area contributed by atoms with E-state index in [4.69, 9.17) is 0 Å². The summed E-state index contributed by atoms with van der Waals surface area (Å²) in [6.07, 6.45) is 0.200. The van der Waals surface area contributed by atoms with Crippen molar-refractivity contribution in [3.63, 3.8) is 0 Å². The summed E-state index contributed by atoms with van der Waals surface area (Å²) in [5, 5.41) is 3.14. The smallest absolute Gasteiger partial charge is 0.351 e. The van der Waals surface area contributed by atoms with Crippen LogP contribution in [0.2, 0.25) is 0 Å². The maximum atomic E-state index is 13.4. The molecule has 2 heterocycles. The SMILES string of the molecule is CC(n1cnc(-c2ccc(F)cc2)c1-c1ccnc(NC2CC2)n1)C(F)(F)F. The summed E-state index contributed by atoms with van der Waals surface area (Å²) in [7, 11) is 0. The lowest BCUT2D eigenvalue weighted by molar-refractivity contribution is -0.162. The molecule has 9 heteroatoms. The Kier molecular flexibility index (Phi) is 4.52. The average Bonchev–Trinajstić information content (AvgIpc) is 3.36. The Bertz CT molecular complexity index is 977. The fraction of sp³-hybridized carbons (Fsp3) is 0.316. The summed E-state index contributed by atoms with van der Waals surface area (Å²) in [5.74, 6) is -0.0798. The number of hydrogen-bond acceptors (Lipinski definition) is 4. The Balaban J connectivity index is 1.84. The highest BCUT2D eigenvalue weighted by molar-refractivity contribution is 5.77. The lowest BCUT2D eigenvalue weighted by atomic mass is 10.1. The van der Waals surface area contributed by atoms with Gasteiger partial charge in [-0.25, -0.2) is 19.3 Å². The van der Waals surface area contributed by atoms with Crippen molar-refractivity contribution in [2.24, 2.45) is 0 Å². The van der Waals surface area contributed by atoms with Crippen LogP contribution in [0.4, 0.5) is 23.5 Å². The molecule has 1 atom stereocenters. The topological polar surface area (TPSA) is 55.6 Å². The second-order valence-electron chi connectivity index (χ2n) is 6.76. The minimum atomic E-state index is -4.46. The first-order valence-electron chi connectivity index (χ1n) is 8.82. The van der Waals surface area contributed by atoms with Crippen molar-refractivity contribution in [3.8, 4) is 22.6 Å².